The number of hydrogen-bond donors (Lipinski definition) is 2. The number of benzene rings is 1. The number of aliphatic carboxylic acids is 1. The van der Waals surface area contributed by atoms with Gasteiger partial charge in [0.05, 0.1) is 6.10 Å². The van der Waals surface area contributed by atoms with Gasteiger partial charge in [0, 0.05) is 6.08 Å². The number of carbonyl (C=O) groups is 1. The number of rotatable bonds is 4. The van der Waals surface area contributed by atoms with Crippen LogP contribution in [0.15, 0.2) is 54.6 Å². The highest BCUT2D eigenvalue weighted by molar-refractivity contribution is 5.80. The average Bonchev–Trinajstić information content (AvgIpc) is 2.25. The Morgan fingerprint density at radius 2 is 1.87 bits per heavy atom. The number of aliphatic hydroxyl groups is 1. The summed E-state index contributed by atoms with van der Waals surface area (Å²) in [4.78, 5) is 10.1. The van der Waals surface area contributed by atoms with E-state index in [9.17, 15) is 9.90 Å². The van der Waals surface area contributed by atoms with Crippen LogP contribution in [-0.4, -0.2) is 16.2 Å². The predicted octanol–water partition coefficient (Wildman–Crippen LogP) is 1.92. The molecule has 1 aromatic carbocycles. The van der Waals surface area contributed by atoms with Gasteiger partial charge in [0.1, 0.15) is 0 Å². The topological polar surface area (TPSA) is 57.5 Å². The highest BCUT2D eigenvalue weighted by Gasteiger charge is 1.99. The first-order valence-electron chi connectivity index (χ1n) is 4.51. The first kappa shape index (κ1) is 11.2. The zero-order valence-electron chi connectivity index (χ0n) is 8.08. The van der Waals surface area contributed by atoms with E-state index >= 15 is 0 Å². The molecular formula is C12H12O3. The average molecular weight is 204 g/mol. The molecule has 3 nitrogen and oxygen atoms in total. The van der Waals surface area contributed by atoms with E-state index in [2.05, 4.69) is 0 Å². The molecule has 0 amide bonds. The van der Waals surface area contributed by atoms with Crippen molar-refractivity contribution in [2.24, 2.45) is 0 Å². The van der Waals surface area contributed by atoms with E-state index < -0.39 is 12.1 Å². The van der Waals surface area contributed by atoms with Gasteiger partial charge >= 0.3 is 5.97 Å². The monoisotopic (exact) mass is 204 g/mol. The molecule has 0 radical (unpaired) electrons. The maximum Gasteiger partial charge on any atom is 0.328 e. The normalized spacial score (nSPS) is 13.4. The van der Waals surface area contributed by atoms with Crippen molar-refractivity contribution >= 4 is 5.97 Å². The number of carboxylic acid groups (broad SMARTS) is 1. The van der Waals surface area contributed by atoms with Crippen molar-refractivity contribution in [1.82, 2.24) is 0 Å². The molecule has 0 fully saturated rings. The summed E-state index contributed by atoms with van der Waals surface area (Å²) in [6, 6.07) is 9.13. The summed E-state index contributed by atoms with van der Waals surface area (Å²) in [5.74, 6) is -1.01. The van der Waals surface area contributed by atoms with Crippen LogP contribution in [0.2, 0.25) is 0 Å². The van der Waals surface area contributed by atoms with Crippen LogP contribution in [0.5, 0.6) is 0 Å². The van der Waals surface area contributed by atoms with Gasteiger partial charge in [-0.1, -0.05) is 48.6 Å². The van der Waals surface area contributed by atoms with Crippen LogP contribution in [0.4, 0.5) is 0 Å². The summed E-state index contributed by atoms with van der Waals surface area (Å²) < 4.78 is 0. The highest BCUT2D eigenvalue weighted by Crippen LogP contribution is 2.12. The van der Waals surface area contributed by atoms with Crippen molar-refractivity contribution in [3.05, 3.63) is 60.2 Å². The Balaban J connectivity index is 2.56. The lowest BCUT2D eigenvalue weighted by atomic mass is 10.1. The lowest BCUT2D eigenvalue weighted by molar-refractivity contribution is -0.131. The number of allylic oxidation sites excluding steroid dienone is 2. The summed E-state index contributed by atoms with van der Waals surface area (Å²) in [6.45, 7) is 0. The lowest BCUT2D eigenvalue weighted by Gasteiger charge is -2.03. The van der Waals surface area contributed by atoms with E-state index in [-0.39, 0.29) is 0 Å². The van der Waals surface area contributed by atoms with Gasteiger partial charge in [0.15, 0.2) is 0 Å². The smallest absolute Gasteiger partial charge is 0.328 e. The molecule has 1 rings (SSSR count). The van der Waals surface area contributed by atoms with E-state index in [0.29, 0.717) is 0 Å². The molecule has 15 heavy (non-hydrogen) atoms. The number of hydrogen-bond acceptors (Lipinski definition) is 2. The molecule has 0 heterocycles. The Kier molecular flexibility index (Phi) is 4.31. The minimum atomic E-state index is -1.01. The van der Waals surface area contributed by atoms with E-state index in [0.717, 1.165) is 11.6 Å². The Labute approximate surface area is 88.0 Å². The van der Waals surface area contributed by atoms with Crippen LogP contribution in [0.3, 0.4) is 0 Å². The molecule has 78 valence electrons. The number of aliphatic hydroxyl groups excluding tert-OH is 1. The fourth-order valence-corrected chi connectivity index (χ4v) is 1.07. The Bertz CT molecular complexity index is 366. The van der Waals surface area contributed by atoms with Crippen molar-refractivity contribution in [1.29, 1.82) is 0 Å². The fraction of sp³-hybridized carbons (Fsp3) is 0.0833. The largest absolute Gasteiger partial charge is 0.478 e. The van der Waals surface area contributed by atoms with Crippen molar-refractivity contribution < 1.29 is 15.0 Å². The van der Waals surface area contributed by atoms with Gasteiger partial charge in [-0.3, -0.25) is 0 Å². The molecule has 0 aromatic heterocycles. The van der Waals surface area contributed by atoms with Gasteiger partial charge in [-0.2, -0.15) is 0 Å². The van der Waals surface area contributed by atoms with Crippen LogP contribution < -0.4 is 0 Å². The van der Waals surface area contributed by atoms with Gasteiger partial charge in [-0.05, 0) is 5.56 Å². The molecule has 0 saturated carbocycles. The van der Waals surface area contributed by atoms with Crippen LogP contribution in [0.1, 0.15) is 11.7 Å². The molecule has 2 N–H and O–H groups in total. The third kappa shape index (κ3) is 4.24. The molecule has 1 atom stereocenters. The van der Waals surface area contributed by atoms with Crippen molar-refractivity contribution in [3.63, 3.8) is 0 Å². The second-order valence-electron chi connectivity index (χ2n) is 2.94. The Morgan fingerprint density at radius 3 is 2.47 bits per heavy atom. The van der Waals surface area contributed by atoms with Crippen molar-refractivity contribution in [2.45, 2.75) is 6.10 Å². The van der Waals surface area contributed by atoms with Gasteiger partial charge in [0.25, 0.3) is 0 Å². The standard InChI is InChI=1S/C12H12O3/c13-11(8-4-5-9-12(14)15)10-6-2-1-3-7-10/h1-9,11,13H,(H,14,15). The molecule has 0 saturated heterocycles. The third-order valence-corrected chi connectivity index (χ3v) is 1.78. The van der Waals surface area contributed by atoms with Gasteiger partial charge < -0.3 is 10.2 Å². The van der Waals surface area contributed by atoms with Crippen LogP contribution in [0.25, 0.3) is 0 Å². The maximum atomic E-state index is 10.1. The molecule has 0 aliphatic rings. The van der Waals surface area contributed by atoms with E-state index in [1.807, 2.05) is 18.2 Å². The molecule has 0 bridgehead atoms. The van der Waals surface area contributed by atoms with Gasteiger partial charge in [0.2, 0.25) is 0 Å². The van der Waals surface area contributed by atoms with Crippen molar-refractivity contribution in [2.75, 3.05) is 0 Å². The second kappa shape index (κ2) is 5.78. The third-order valence-electron chi connectivity index (χ3n) is 1.78. The molecular weight excluding hydrogens is 192 g/mol. The second-order valence-corrected chi connectivity index (χ2v) is 2.94. The van der Waals surface area contributed by atoms with Gasteiger partial charge in [-0.15, -0.1) is 0 Å². The highest BCUT2D eigenvalue weighted by atomic mass is 16.4. The first-order chi connectivity index (χ1) is 7.20. The molecule has 1 aromatic rings. The zero-order chi connectivity index (χ0) is 11.1. The van der Waals surface area contributed by atoms with Crippen LogP contribution in [-0.2, 0) is 4.79 Å². The summed E-state index contributed by atoms with van der Waals surface area (Å²) >= 11 is 0. The van der Waals surface area contributed by atoms with Crippen LogP contribution in [0, 0.1) is 0 Å². The summed E-state index contributed by atoms with van der Waals surface area (Å²) in [5, 5.41) is 17.9. The Morgan fingerprint density at radius 1 is 1.20 bits per heavy atom. The molecule has 0 spiro atoms. The van der Waals surface area contributed by atoms with E-state index in [4.69, 9.17) is 5.11 Å². The number of carboxylic acids is 1. The lowest BCUT2D eigenvalue weighted by Crippen LogP contribution is -1.91. The Hall–Kier alpha value is -1.87. The summed E-state index contributed by atoms with van der Waals surface area (Å²) in [5.41, 5.74) is 0.775. The molecule has 0 aliphatic heterocycles. The van der Waals surface area contributed by atoms with Crippen LogP contribution >= 0.6 is 0 Å². The van der Waals surface area contributed by atoms with E-state index in [1.54, 1.807) is 12.1 Å². The first-order valence-corrected chi connectivity index (χ1v) is 4.51. The molecule has 3 heteroatoms. The fourth-order valence-electron chi connectivity index (χ4n) is 1.07. The van der Waals surface area contributed by atoms with E-state index in [1.165, 1.54) is 18.2 Å². The minimum Gasteiger partial charge on any atom is -0.478 e. The van der Waals surface area contributed by atoms with Crippen molar-refractivity contribution in [3.8, 4) is 0 Å². The quantitative estimate of drug-likeness (QED) is 0.582. The summed E-state index contributed by atoms with van der Waals surface area (Å²) in [6.07, 6.45) is 4.70. The minimum absolute atomic E-state index is 0.704. The summed E-state index contributed by atoms with van der Waals surface area (Å²) in [7, 11) is 0. The maximum absolute atomic E-state index is 10.1. The molecule has 0 aliphatic carbocycles. The molecule has 1 unspecified atom stereocenters. The van der Waals surface area contributed by atoms with Gasteiger partial charge in [-0.25, -0.2) is 4.79 Å². The predicted molar refractivity (Wildman–Crippen MR) is 57.3 cm³/mol. The SMILES string of the molecule is O=C(O)C=CC=CC(O)c1ccccc1. The zero-order valence-corrected chi connectivity index (χ0v) is 8.08.